The van der Waals surface area contributed by atoms with E-state index in [-0.39, 0.29) is 12.2 Å². The van der Waals surface area contributed by atoms with Gasteiger partial charge < -0.3 is 9.84 Å². The number of hydrogen-bond acceptors (Lipinski definition) is 2. The molecule has 0 spiro atoms. The van der Waals surface area contributed by atoms with Crippen molar-refractivity contribution in [2.75, 3.05) is 7.11 Å². The number of aliphatic hydroxyl groups excluding tert-OH is 1. The molecule has 0 bridgehead atoms. The van der Waals surface area contributed by atoms with Gasteiger partial charge in [0.05, 0.1) is 12.2 Å². The Labute approximate surface area is 136 Å². The summed E-state index contributed by atoms with van der Waals surface area (Å²) >= 11 is 0. The second-order valence-electron chi connectivity index (χ2n) is 9.52. The van der Waals surface area contributed by atoms with Crippen molar-refractivity contribution in [3.05, 3.63) is 0 Å². The van der Waals surface area contributed by atoms with Gasteiger partial charge in [0.2, 0.25) is 0 Å². The van der Waals surface area contributed by atoms with E-state index in [2.05, 4.69) is 13.8 Å². The predicted molar refractivity (Wildman–Crippen MR) is 88.5 cm³/mol. The van der Waals surface area contributed by atoms with Gasteiger partial charge in [0, 0.05) is 7.11 Å². The highest BCUT2D eigenvalue weighted by molar-refractivity contribution is 5.08. The zero-order valence-electron chi connectivity index (χ0n) is 14.7. The van der Waals surface area contributed by atoms with Crippen LogP contribution in [0, 0.1) is 34.5 Å². The fourth-order valence-electron chi connectivity index (χ4n) is 7.49. The first-order valence-electron chi connectivity index (χ1n) is 9.69. The van der Waals surface area contributed by atoms with E-state index in [0.717, 1.165) is 36.5 Å². The topological polar surface area (TPSA) is 29.5 Å². The number of methoxy groups -OCH3 is 1. The van der Waals surface area contributed by atoms with Crippen molar-refractivity contribution in [1.29, 1.82) is 0 Å². The normalized spacial score (nSPS) is 57.8. The zero-order valence-corrected chi connectivity index (χ0v) is 14.7. The average molecular weight is 306 g/mol. The molecule has 2 nitrogen and oxygen atoms in total. The van der Waals surface area contributed by atoms with Gasteiger partial charge in [-0.25, -0.2) is 0 Å². The van der Waals surface area contributed by atoms with Gasteiger partial charge >= 0.3 is 0 Å². The molecule has 4 aliphatic carbocycles. The molecule has 1 N–H and O–H groups in total. The minimum Gasteiger partial charge on any atom is -0.390 e. The number of hydrogen-bond donors (Lipinski definition) is 1. The predicted octanol–water partition coefficient (Wildman–Crippen LogP) is 4.41. The van der Waals surface area contributed by atoms with Crippen LogP contribution >= 0.6 is 0 Å². The largest absolute Gasteiger partial charge is 0.390 e. The molecule has 0 aliphatic heterocycles. The maximum atomic E-state index is 10.4. The Bertz CT molecular complexity index is 435. The molecule has 0 heterocycles. The number of ether oxygens (including phenoxy) is 1. The summed E-state index contributed by atoms with van der Waals surface area (Å²) < 4.78 is 5.65. The molecule has 126 valence electrons. The van der Waals surface area contributed by atoms with E-state index in [0.29, 0.717) is 10.8 Å². The van der Waals surface area contributed by atoms with Crippen LogP contribution in [0.15, 0.2) is 0 Å². The Morgan fingerprint density at radius 2 is 1.82 bits per heavy atom. The maximum Gasteiger partial charge on any atom is 0.0835 e. The van der Waals surface area contributed by atoms with E-state index in [9.17, 15) is 5.11 Å². The molecule has 3 unspecified atom stereocenters. The van der Waals surface area contributed by atoms with Crippen LogP contribution in [-0.4, -0.2) is 24.4 Å². The van der Waals surface area contributed by atoms with Crippen molar-refractivity contribution in [1.82, 2.24) is 0 Å². The van der Waals surface area contributed by atoms with Crippen molar-refractivity contribution in [3.8, 4) is 0 Å². The van der Waals surface area contributed by atoms with Crippen LogP contribution < -0.4 is 0 Å². The van der Waals surface area contributed by atoms with Crippen LogP contribution in [0.3, 0.4) is 0 Å². The molecule has 4 rings (SSSR count). The summed E-state index contributed by atoms with van der Waals surface area (Å²) in [5, 5.41) is 10.4. The summed E-state index contributed by atoms with van der Waals surface area (Å²) in [5.41, 5.74) is 1.06. The van der Waals surface area contributed by atoms with Crippen molar-refractivity contribution in [2.24, 2.45) is 34.5 Å². The Balaban J connectivity index is 1.62. The molecular formula is C20H34O2. The van der Waals surface area contributed by atoms with Crippen LogP contribution in [0.5, 0.6) is 0 Å². The number of rotatable bonds is 1. The molecule has 0 radical (unpaired) electrons. The van der Waals surface area contributed by atoms with E-state index in [4.69, 9.17) is 4.74 Å². The molecule has 0 aromatic rings. The van der Waals surface area contributed by atoms with Gasteiger partial charge in [-0.1, -0.05) is 20.3 Å². The molecule has 8 atom stereocenters. The first-order chi connectivity index (χ1) is 10.5. The Morgan fingerprint density at radius 3 is 2.59 bits per heavy atom. The molecule has 0 aromatic heterocycles. The van der Waals surface area contributed by atoms with E-state index in [1.54, 1.807) is 7.11 Å². The second kappa shape index (κ2) is 5.21. The molecule has 2 heteroatoms. The smallest absolute Gasteiger partial charge is 0.0835 e. The second-order valence-corrected chi connectivity index (χ2v) is 9.52. The summed E-state index contributed by atoms with van der Waals surface area (Å²) in [6, 6.07) is 0. The van der Waals surface area contributed by atoms with Crippen molar-refractivity contribution < 1.29 is 9.84 Å². The lowest BCUT2D eigenvalue weighted by molar-refractivity contribution is -0.163. The van der Waals surface area contributed by atoms with E-state index in [1.165, 1.54) is 44.9 Å². The lowest BCUT2D eigenvalue weighted by Crippen LogP contribution is -2.56. The number of aliphatic hydroxyl groups is 1. The lowest BCUT2D eigenvalue weighted by Gasteiger charge is -2.61. The molecular weight excluding hydrogens is 272 g/mol. The average Bonchev–Trinajstić information content (AvgIpc) is 2.89. The van der Waals surface area contributed by atoms with Crippen LogP contribution in [-0.2, 0) is 4.74 Å². The highest BCUT2D eigenvalue weighted by atomic mass is 16.5. The first kappa shape index (κ1) is 15.4. The summed E-state index contributed by atoms with van der Waals surface area (Å²) in [5.74, 6) is 3.54. The highest BCUT2D eigenvalue weighted by Crippen LogP contribution is 2.66. The van der Waals surface area contributed by atoms with Gasteiger partial charge in [0.25, 0.3) is 0 Å². The van der Waals surface area contributed by atoms with E-state index in [1.807, 2.05) is 0 Å². The quantitative estimate of drug-likeness (QED) is 0.778. The van der Waals surface area contributed by atoms with Gasteiger partial charge in [0.1, 0.15) is 0 Å². The monoisotopic (exact) mass is 306 g/mol. The molecule has 22 heavy (non-hydrogen) atoms. The maximum absolute atomic E-state index is 10.4. The van der Waals surface area contributed by atoms with Crippen LogP contribution in [0.4, 0.5) is 0 Å². The van der Waals surface area contributed by atoms with Crippen LogP contribution in [0.25, 0.3) is 0 Å². The summed E-state index contributed by atoms with van der Waals surface area (Å²) in [6.45, 7) is 5.13. The molecule has 0 amide bonds. The van der Waals surface area contributed by atoms with E-state index >= 15 is 0 Å². The fourth-order valence-corrected chi connectivity index (χ4v) is 7.49. The standard InChI is InChI=1S/C20H34O2/c1-19-9-4-5-15(19)14-7-6-13-11-17(21)18(22-3)12-20(13,2)16(14)8-10-19/h13-18,21H,4-12H2,1-3H3/t13?,14-,15?,16?,17-,18-,19-,20-/m0/s1. The Morgan fingerprint density at radius 1 is 1.00 bits per heavy atom. The summed E-state index contributed by atoms with van der Waals surface area (Å²) in [6.07, 6.45) is 11.9. The zero-order chi connectivity index (χ0) is 15.5. The molecule has 4 fully saturated rings. The van der Waals surface area contributed by atoms with Crippen molar-refractivity contribution in [2.45, 2.75) is 83.8 Å². The number of fused-ring (bicyclic) bond motifs is 5. The molecule has 0 saturated heterocycles. The Hall–Kier alpha value is -0.0800. The highest BCUT2D eigenvalue weighted by Gasteiger charge is 2.59. The van der Waals surface area contributed by atoms with Crippen molar-refractivity contribution >= 4 is 0 Å². The van der Waals surface area contributed by atoms with Gasteiger partial charge in [-0.15, -0.1) is 0 Å². The van der Waals surface area contributed by atoms with Gasteiger partial charge in [-0.2, -0.15) is 0 Å². The van der Waals surface area contributed by atoms with Gasteiger partial charge in [-0.05, 0) is 85.9 Å². The summed E-state index contributed by atoms with van der Waals surface area (Å²) in [4.78, 5) is 0. The third-order valence-electron chi connectivity index (χ3n) is 8.75. The first-order valence-corrected chi connectivity index (χ1v) is 9.69. The van der Waals surface area contributed by atoms with Crippen molar-refractivity contribution in [3.63, 3.8) is 0 Å². The van der Waals surface area contributed by atoms with Crippen LogP contribution in [0.2, 0.25) is 0 Å². The SMILES string of the molecule is CO[C@H]1C[C@@]2(C)C(CC[C@H]3C4CCC[C@@]4(C)CCC32)C[C@@H]1O. The Kier molecular flexibility index (Phi) is 3.66. The molecule has 4 aliphatic rings. The summed E-state index contributed by atoms with van der Waals surface area (Å²) in [7, 11) is 1.78. The third kappa shape index (κ3) is 2.05. The third-order valence-corrected chi connectivity index (χ3v) is 8.75. The minimum atomic E-state index is -0.236. The van der Waals surface area contributed by atoms with Gasteiger partial charge in [-0.3, -0.25) is 0 Å². The van der Waals surface area contributed by atoms with Crippen LogP contribution in [0.1, 0.15) is 71.6 Å². The minimum absolute atomic E-state index is 0.0666. The fraction of sp³-hybridized carbons (Fsp3) is 1.00. The molecule has 4 saturated carbocycles. The lowest BCUT2D eigenvalue weighted by atomic mass is 9.45. The van der Waals surface area contributed by atoms with Gasteiger partial charge in [0.15, 0.2) is 0 Å². The molecule has 0 aromatic carbocycles. The van der Waals surface area contributed by atoms with E-state index < -0.39 is 0 Å².